The second-order valence-corrected chi connectivity index (χ2v) is 8.81. The average Bonchev–Trinajstić information content (AvgIpc) is 3.33. The summed E-state index contributed by atoms with van der Waals surface area (Å²) in [6, 6.07) is 5.71. The van der Waals surface area contributed by atoms with Gasteiger partial charge in [-0.1, -0.05) is 12.6 Å². The van der Waals surface area contributed by atoms with Crippen LogP contribution in [0.15, 0.2) is 61.0 Å². The summed E-state index contributed by atoms with van der Waals surface area (Å²) in [5.41, 5.74) is 9.54. The molecule has 0 saturated carbocycles. The van der Waals surface area contributed by atoms with Crippen LogP contribution in [0.1, 0.15) is 43.1 Å². The van der Waals surface area contributed by atoms with Gasteiger partial charge in [-0.2, -0.15) is 5.10 Å². The van der Waals surface area contributed by atoms with Crippen LogP contribution in [0.4, 0.5) is 5.82 Å². The molecule has 1 aliphatic heterocycles. The Hall–Kier alpha value is -4.21. The molecular weight excluding hydrogens is 458 g/mol. The maximum absolute atomic E-state index is 12.2. The molecule has 1 fully saturated rings. The van der Waals surface area contributed by atoms with Crippen molar-refractivity contribution in [1.82, 2.24) is 29.6 Å². The molecular formula is C26H29N7O3. The number of nitrogens with two attached hydrogens (primary N) is 1. The Morgan fingerprint density at radius 3 is 2.94 bits per heavy atom. The van der Waals surface area contributed by atoms with Crippen LogP contribution in [0.25, 0.3) is 16.6 Å². The molecule has 10 heteroatoms. The summed E-state index contributed by atoms with van der Waals surface area (Å²) in [5.74, 6) is 1.71. The summed E-state index contributed by atoms with van der Waals surface area (Å²) in [7, 11) is 1.63. The number of nitrogen functional groups attached to an aromatic ring is 1. The highest BCUT2D eigenvalue weighted by atomic mass is 16.5. The molecule has 1 atom stereocenters. The van der Waals surface area contributed by atoms with Crippen molar-refractivity contribution in [2.24, 2.45) is 0 Å². The number of hydrogen-bond acceptors (Lipinski definition) is 8. The molecule has 186 valence electrons. The third kappa shape index (κ3) is 4.53. The fourth-order valence-electron chi connectivity index (χ4n) is 4.79. The molecule has 0 unspecified atom stereocenters. The number of nitrogens with zero attached hydrogens (tertiary/aromatic N) is 6. The lowest BCUT2D eigenvalue weighted by Crippen LogP contribution is -2.40. The number of fused-ring (bicyclic) bond motifs is 1. The van der Waals surface area contributed by atoms with Crippen LogP contribution in [0.2, 0.25) is 0 Å². The van der Waals surface area contributed by atoms with Gasteiger partial charge in [-0.3, -0.25) is 9.78 Å². The van der Waals surface area contributed by atoms with Gasteiger partial charge in [0.15, 0.2) is 11.4 Å². The van der Waals surface area contributed by atoms with Gasteiger partial charge in [-0.25, -0.2) is 14.6 Å². The normalized spacial score (nSPS) is 18.2. The lowest BCUT2D eigenvalue weighted by molar-refractivity contribution is -0.127. The Kier molecular flexibility index (Phi) is 6.66. The molecule has 36 heavy (non-hydrogen) atoms. The third-order valence-electron chi connectivity index (χ3n) is 6.59. The summed E-state index contributed by atoms with van der Waals surface area (Å²) in [6.07, 6.45) is 9.60. The largest absolute Gasteiger partial charge is 0.493 e. The Bertz CT molecular complexity index is 1350. The quantitative estimate of drug-likeness (QED) is 0.503. The van der Waals surface area contributed by atoms with E-state index in [0.717, 1.165) is 35.6 Å². The van der Waals surface area contributed by atoms with Crippen LogP contribution in [-0.2, 0) is 20.9 Å². The van der Waals surface area contributed by atoms with Crippen molar-refractivity contribution >= 4 is 28.3 Å². The van der Waals surface area contributed by atoms with E-state index in [9.17, 15) is 4.79 Å². The molecule has 1 aliphatic carbocycles. The minimum Gasteiger partial charge on any atom is -0.493 e. The van der Waals surface area contributed by atoms with Crippen molar-refractivity contribution in [2.75, 3.05) is 25.9 Å². The Morgan fingerprint density at radius 2 is 2.17 bits per heavy atom. The van der Waals surface area contributed by atoms with Gasteiger partial charge in [0.1, 0.15) is 30.2 Å². The number of aromatic nitrogens is 5. The van der Waals surface area contributed by atoms with Gasteiger partial charge in [0.25, 0.3) is 0 Å². The second kappa shape index (κ2) is 10.2. The van der Waals surface area contributed by atoms with E-state index in [2.05, 4.69) is 21.5 Å². The zero-order valence-corrected chi connectivity index (χ0v) is 20.3. The number of methoxy groups -OCH3 is 1. The smallest absolute Gasteiger partial charge is 0.246 e. The molecule has 3 aromatic rings. The topological polar surface area (TPSA) is 121 Å². The summed E-state index contributed by atoms with van der Waals surface area (Å²) in [4.78, 5) is 27.1. The standard InChI is InChI=1S/C26H29N7O3/c1-3-22(34)32-12-6-8-19(14-32)33-26-23(25(27)29-16-30-26)24(31-33)17-9-10-20(21(13-17)35-2)36-15-18-7-4-5-11-28-18/h3-5,7,11,13,16,19H,1,6,8-10,12,14-15H2,2H3,(H2,27,29,30)/t19-/m1/s1. The number of pyridine rings is 1. The first-order chi connectivity index (χ1) is 17.6. The first kappa shape index (κ1) is 23.5. The maximum Gasteiger partial charge on any atom is 0.246 e. The van der Waals surface area contributed by atoms with Crippen LogP contribution < -0.4 is 5.73 Å². The number of ether oxygens (including phenoxy) is 2. The molecule has 3 aromatic heterocycles. The van der Waals surface area contributed by atoms with Crippen LogP contribution >= 0.6 is 0 Å². The van der Waals surface area contributed by atoms with Gasteiger partial charge in [0, 0.05) is 25.7 Å². The Morgan fingerprint density at radius 1 is 1.28 bits per heavy atom. The lowest BCUT2D eigenvalue weighted by atomic mass is 9.98. The van der Waals surface area contributed by atoms with E-state index in [1.807, 2.05) is 29.0 Å². The SMILES string of the molecule is C=CC(=O)N1CCC[C@@H](n2nc(C3=CC(OC)=C(OCc4ccccn4)CC3)c3c(N)ncnc32)C1. The summed E-state index contributed by atoms with van der Waals surface area (Å²) in [5, 5.41) is 5.69. The van der Waals surface area contributed by atoms with Crippen molar-refractivity contribution in [2.45, 2.75) is 38.3 Å². The molecule has 4 heterocycles. The maximum atomic E-state index is 12.2. The van der Waals surface area contributed by atoms with Gasteiger partial charge in [-0.15, -0.1) is 0 Å². The van der Waals surface area contributed by atoms with Crippen LogP contribution in [-0.4, -0.2) is 55.7 Å². The summed E-state index contributed by atoms with van der Waals surface area (Å²) >= 11 is 0. The number of rotatable bonds is 7. The average molecular weight is 488 g/mol. The zero-order valence-electron chi connectivity index (χ0n) is 20.3. The van der Waals surface area contributed by atoms with Gasteiger partial charge < -0.3 is 20.1 Å². The van der Waals surface area contributed by atoms with Gasteiger partial charge in [0.2, 0.25) is 5.91 Å². The predicted molar refractivity (Wildman–Crippen MR) is 135 cm³/mol. The zero-order chi connectivity index (χ0) is 25.1. The first-order valence-electron chi connectivity index (χ1n) is 12.0. The highest BCUT2D eigenvalue weighted by Gasteiger charge is 2.29. The van der Waals surface area contributed by atoms with Crippen molar-refractivity contribution in [3.63, 3.8) is 0 Å². The lowest BCUT2D eigenvalue weighted by Gasteiger charge is -2.32. The number of allylic oxidation sites excluding steroid dienone is 3. The monoisotopic (exact) mass is 487 g/mol. The number of hydrogen-bond donors (Lipinski definition) is 1. The Balaban J connectivity index is 1.48. The summed E-state index contributed by atoms with van der Waals surface area (Å²) in [6.45, 7) is 5.24. The molecule has 2 aliphatic rings. The highest BCUT2D eigenvalue weighted by Crippen LogP contribution is 2.37. The van der Waals surface area contributed by atoms with Crippen molar-refractivity contribution in [3.8, 4) is 0 Å². The van der Waals surface area contributed by atoms with E-state index in [0.29, 0.717) is 55.1 Å². The van der Waals surface area contributed by atoms with E-state index >= 15 is 0 Å². The second-order valence-electron chi connectivity index (χ2n) is 8.81. The van der Waals surface area contributed by atoms with E-state index in [1.165, 1.54) is 12.4 Å². The van der Waals surface area contributed by atoms with Gasteiger partial charge in [0.05, 0.1) is 24.2 Å². The fraction of sp³-hybridized carbons (Fsp3) is 0.346. The van der Waals surface area contributed by atoms with Crippen molar-refractivity contribution < 1.29 is 14.3 Å². The number of likely N-dealkylation sites (tertiary alicyclic amines) is 1. The molecule has 1 amide bonds. The molecule has 10 nitrogen and oxygen atoms in total. The van der Waals surface area contributed by atoms with E-state index in [4.69, 9.17) is 20.3 Å². The van der Waals surface area contributed by atoms with E-state index in [1.54, 1.807) is 18.2 Å². The highest BCUT2D eigenvalue weighted by molar-refractivity contribution is 5.96. The van der Waals surface area contributed by atoms with Crippen molar-refractivity contribution in [1.29, 1.82) is 0 Å². The molecule has 0 radical (unpaired) electrons. The number of anilines is 1. The molecule has 0 aromatic carbocycles. The Labute approximate surface area is 209 Å². The fourth-order valence-corrected chi connectivity index (χ4v) is 4.79. The minimum absolute atomic E-state index is 0.0212. The van der Waals surface area contributed by atoms with E-state index in [-0.39, 0.29) is 11.9 Å². The number of piperidine rings is 1. The third-order valence-corrected chi connectivity index (χ3v) is 6.59. The predicted octanol–water partition coefficient (Wildman–Crippen LogP) is 3.41. The summed E-state index contributed by atoms with van der Waals surface area (Å²) < 4.78 is 13.6. The number of carbonyl (C=O) groups is 1. The van der Waals surface area contributed by atoms with Gasteiger partial charge in [-0.05, 0) is 49.1 Å². The molecule has 5 rings (SSSR count). The molecule has 1 saturated heterocycles. The number of carbonyl (C=O) groups excluding carboxylic acids is 1. The molecule has 0 spiro atoms. The van der Waals surface area contributed by atoms with Gasteiger partial charge >= 0.3 is 0 Å². The first-order valence-corrected chi connectivity index (χ1v) is 12.0. The minimum atomic E-state index is -0.0754. The molecule has 2 N–H and O–H groups in total. The number of amides is 1. The van der Waals surface area contributed by atoms with Crippen LogP contribution in [0.5, 0.6) is 0 Å². The van der Waals surface area contributed by atoms with Crippen LogP contribution in [0, 0.1) is 0 Å². The van der Waals surface area contributed by atoms with Crippen LogP contribution in [0.3, 0.4) is 0 Å². The molecule has 0 bridgehead atoms. The van der Waals surface area contributed by atoms with E-state index < -0.39 is 0 Å². The van der Waals surface area contributed by atoms with Crippen molar-refractivity contribution in [3.05, 3.63) is 72.4 Å².